The fraction of sp³-hybridized carbons (Fsp3) is 0.476. The van der Waals surface area contributed by atoms with Gasteiger partial charge in [0.1, 0.15) is 16.5 Å². The smallest absolute Gasteiger partial charge is 0.303 e. The fourth-order valence-electron chi connectivity index (χ4n) is 3.78. The van der Waals surface area contributed by atoms with Crippen LogP contribution in [0.15, 0.2) is 24.5 Å². The van der Waals surface area contributed by atoms with E-state index in [-0.39, 0.29) is 24.7 Å². The molecule has 31 heavy (non-hydrogen) atoms. The lowest BCUT2D eigenvalue weighted by Crippen LogP contribution is -2.38. The minimum Gasteiger partial charge on any atom is -0.303 e. The monoisotopic (exact) mass is 449 g/mol. The van der Waals surface area contributed by atoms with Crippen molar-refractivity contribution in [3.63, 3.8) is 0 Å². The van der Waals surface area contributed by atoms with Crippen LogP contribution in [0.1, 0.15) is 30.0 Å². The van der Waals surface area contributed by atoms with E-state index in [4.69, 9.17) is 0 Å². The summed E-state index contributed by atoms with van der Waals surface area (Å²) in [4.78, 5) is 23.4. The number of fused-ring (bicyclic) bond motifs is 1. The maximum Gasteiger partial charge on any atom is 0.390 e. The minimum atomic E-state index is -4.14. The first kappa shape index (κ1) is 21.8. The average Bonchev–Trinajstić information content (AvgIpc) is 3.18. The Balaban J connectivity index is 1.38. The van der Waals surface area contributed by atoms with Crippen LogP contribution in [0.25, 0.3) is 21.5 Å². The van der Waals surface area contributed by atoms with E-state index in [1.54, 1.807) is 17.3 Å². The maximum absolute atomic E-state index is 12.8. The van der Waals surface area contributed by atoms with Crippen LogP contribution in [0.2, 0.25) is 0 Å². The predicted octanol–water partition coefficient (Wildman–Crippen LogP) is 4.23. The van der Waals surface area contributed by atoms with E-state index in [1.807, 2.05) is 19.1 Å². The number of hydrogen-bond donors (Lipinski definition) is 0. The summed E-state index contributed by atoms with van der Waals surface area (Å²) in [6, 6.07) is 3.81. The molecule has 164 valence electrons. The Morgan fingerprint density at radius 1 is 1.13 bits per heavy atom. The van der Waals surface area contributed by atoms with Crippen LogP contribution in [0, 0.1) is 12.8 Å². The Kier molecular flexibility index (Phi) is 6.29. The summed E-state index contributed by atoms with van der Waals surface area (Å²) in [6.45, 7) is 2.93. The number of alkyl halides is 3. The first-order chi connectivity index (χ1) is 14.8. The third-order valence-electron chi connectivity index (χ3n) is 5.51. The molecule has 0 N–H and O–H groups in total. The molecule has 1 aliphatic rings. The quantitative estimate of drug-likeness (QED) is 0.561. The highest BCUT2D eigenvalue weighted by molar-refractivity contribution is 7.14. The van der Waals surface area contributed by atoms with Crippen LogP contribution >= 0.6 is 11.3 Å². The maximum atomic E-state index is 12.8. The lowest BCUT2D eigenvalue weighted by atomic mass is 9.90. The third kappa shape index (κ3) is 5.62. The van der Waals surface area contributed by atoms with Crippen molar-refractivity contribution in [1.29, 1.82) is 0 Å². The molecule has 3 aromatic heterocycles. The molecule has 0 radical (unpaired) electrons. The van der Waals surface area contributed by atoms with Gasteiger partial charge in [0.15, 0.2) is 5.01 Å². The Labute approximate surface area is 181 Å². The van der Waals surface area contributed by atoms with Gasteiger partial charge >= 0.3 is 6.18 Å². The Bertz CT molecular complexity index is 1080. The largest absolute Gasteiger partial charge is 0.390 e. The SMILES string of the molecule is Cc1nnc(-c2cc3cc(CC(=O)C4CCN(CCC(F)(F)F)CC4)ncc3cn2)s1. The normalized spacial score (nSPS) is 16.1. The van der Waals surface area contributed by atoms with Gasteiger partial charge in [-0.15, -0.1) is 10.2 Å². The standard InChI is InChI=1S/C21H22F3N5OS/c1-13-27-28-20(31-13)18-9-15-8-17(25-11-16(15)12-26-18)10-19(30)14-2-5-29(6-3-14)7-4-21(22,23)24/h8-9,11-12,14H,2-7,10H2,1H3. The molecule has 1 fully saturated rings. The molecule has 0 aromatic carbocycles. The topological polar surface area (TPSA) is 71.9 Å². The van der Waals surface area contributed by atoms with Gasteiger partial charge in [-0.05, 0) is 50.4 Å². The summed E-state index contributed by atoms with van der Waals surface area (Å²) < 4.78 is 37.2. The number of ketones is 1. The van der Waals surface area contributed by atoms with Crippen molar-refractivity contribution in [3.05, 3.63) is 35.2 Å². The minimum absolute atomic E-state index is 0.00114. The zero-order valence-corrected chi connectivity index (χ0v) is 17.8. The van der Waals surface area contributed by atoms with Crippen LogP contribution in [0.3, 0.4) is 0 Å². The van der Waals surface area contributed by atoms with Crippen LogP contribution < -0.4 is 0 Å². The molecule has 0 aliphatic carbocycles. The highest BCUT2D eigenvalue weighted by Gasteiger charge is 2.30. The number of rotatable bonds is 6. The van der Waals surface area contributed by atoms with Gasteiger partial charge in [0.25, 0.3) is 0 Å². The van der Waals surface area contributed by atoms with Crippen molar-refractivity contribution in [2.24, 2.45) is 5.92 Å². The molecule has 4 rings (SSSR count). The number of carbonyl (C=O) groups is 1. The molecule has 1 saturated heterocycles. The summed E-state index contributed by atoms with van der Waals surface area (Å²) in [6.07, 6.45) is -0.0997. The first-order valence-corrected chi connectivity index (χ1v) is 11.0. The predicted molar refractivity (Wildman–Crippen MR) is 112 cm³/mol. The molecule has 10 heteroatoms. The number of aromatic nitrogens is 4. The molecule has 1 aliphatic heterocycles. The van der Waals surface area contributed by atoms with E-state index in [1.165, 1.54) is 11.3 Å². The summed E-state index contributed by atoms with van der Waals surface area (Å²) in [5, 5.41) is 11.6. The van der Waals surface area contributed by atoms with Crippen LogP contribution in [0.5, 0.6) is 0 Å². The number of pyridine rings is 2. The van der Waals surface area contributed by atoms with E-state index in [2.05, 4.69) is 20.2 Å². The highest BCUT2D eigenvalue weighted by atomic mass is 32.1. The van der Waals surface area contributed by atoms with Crippen LogP contribution in [-0.2, 0) is 11.2 Å². The molecular weight excluding hydrogens is 427 g/mol. The lowest BCUT2D eigenvalue weighted by molar-refractivity contribution is -0.139. The van der Waals surface area contributed by atoms with Crippen molar-refractivity contribution in [2.75, 3.05) is 19.6 Å². The number of carbonyl (C=O) groups excluding carboxylic acids is 1. The number of hydrogen-bond acceptors (Lipinski definition) is 7. The van der Waals surface area contributed by atoms with Crippen molar-refractivity contribution in [3.8, 4) is 10.7 Å². The van der Waals surface area contributed by atoms with Gasteiger partial charge < -0.3 is 4.90 Å². The number of likely N-dealkylation sites (tertiary alicyclic amines) is 1. The molecule has 0 spiro atoms. The van der Waals surface area contributed by atoms with Crippen LogP contribution in [-0.4, -0.2) is 56.7 Å². The van der Waals surface area contributed by atoms with Crippen molar-refractivity contribution in [1.82, 2.24) is 25.1 Å². The Morgan fingerprint density at radius 3 is 2.55 bits per heavy atom. The fourth-order valence-corrected chi connectivity index (χ4v) is 4.44. The highest BCUT2D eigenvalue weighted by Crippen LogP contribution is 2.26. The second-order valence-electron chi connectivity index (χ2n) is 7.84. The van der Waals surface area contributed by atoms with Gasteiger partial charge in [0.2, 0.25) is 0 Å². The number of aryl methyl sites for hydroxylation is 1. The summed E-state index contributed by atoms with van der Waals surface area (Å²) in [5.41, 5.74) is 1.41. The number of halogens is 3. The molecular formula is C21H22F3N5OS. The molecule has 4 heterocycles. The van der Waals surface area contributed by atoms with Gasteiger partial charge in [-0.1, -0.05) is 11.3 Å². The van der Waals surface area contributed by atoms with Crippen molar-refractivity contribution < 1.29 is 18.0 Å². The summed E-state index contributed by atoms with van der Waals surface area (Å²) in [5.74, 6) is -0.0339. The molecule has 3 aromatic rings. The number of piperidine rings is 1. The zero-order valence-electron chi connectivity index (χ0n) is 17.0. The van der Waals surface area contributed by atoms with E-state index in [0.717, 1.165) is 26.5 Å². The number of nitrogens with zero attached hydrogens (tertiary/aromatic N) is 5. The lowest BCUT2D eigenvalue weighted by Gasteiger charge is -2.31. The van der Waals surface area contributed by atoms with E-state index in [9.17, 15) is 18.0 Å². The van der Waals surface area contributed by atoms with Gasteiger partial charge in [-0.3, -0.25) is 14.8 Å². The average molecular weight is 450 g/mol. The van der Waals surface area contributed by atoms with E-state index < -0.39 is 12.6 Å². The van der Waals surface area contributed by atoms with Gasteiger partial charge in [0.05, 0.1) is 6.42 Å². The molecule has 0 atom stereocenters. The van der Waals surface area contributed by atoms with Gasteiger partial charge in [-0.25, -0.2) is 0 Å². The van der Waals surface area contributed by atoms with E-state index in [0.29, 0.717) is 31.6 Å². The molecule has 0 amide bonds. The number of Topliss-reactive ketones (excluding diaryl/α,β-unsaturated/α-hetero) is 1. The van der Waals surface area contributed by atoms with Crippen LogP contribution in [0.4, 0.5) is 13.2 Å². The van der Waals surface area contributed by atoms with Crippen molar-refractivity contribution >= 4 is 27.9 Å². The van der Waals surface area contributed by atoms with Crippen molar-refractivity contribution in [2.45, 2.75) is 38.8 Å². The Morgan fingerprint density at radius 2 is 1.87 bits per heavy atom. The molecule has 6 nitrogen and oxygen atoms in total. The summed E-state index contributed by atoms with van der Waals surface area (Å²) >= 11 is 1.47. The second kappa shape index (κ2) is 8.96. The van der Waals surface area contributed by atoms with Gasteiger partial charge in [-0.2, -0.15) is 13.2 Å². The molecule has 0 saturated carbocycles. The Hall–Kier alpha value is -2.46. The second-order valence-corrected chi connectivity index (χ2v) is 9.02. The zero-order chi connectivity index (χ0) is 22.0. The molecule has 0 bridgehead atoms. The van der Waals surface area contributed by atoms with Gasteiger partial charge in [0, 0.05) is 42.4 Å². The third-order valence-corrected chi connectivity index (χ3v) is 6.38. The first-order valence-electron chi connectivity index (χ1n) is 10.1. The molecule has 0 unspecified atom stereocenters. The summed E-state index contributed by atoms with van der Waals surface area (Å²) in [7, 11) is 0. The van der Waals surface area contributed by atoms with E-state index >= 15 is 0 Å².